The van der Waals surface area contributed by atoms with E-state index in [-0.39, 0.29) is 11.9 Å². The van der Waals surface area contributed by atoms with Crippen LogP contribution in [0.1, 0.15) is 52.9 Å². The third kappa shape index (κ3) is 2.97. The van der Waals surface area contributed by atoms with Gasteiger partial charge in [-0.15, -0.1) is 0 Å². The van der Waals surface area contributed by atoms with E-state index in [9.17, 15) is 4.79 Å². The SMILES string of the molecule is Cc1cnc(C(=O)N2CCCC[C@@H]2c2ccn3nc(C)cc3n2)cn1. The van der Waals surface area contributed by atoms with Crippen molar-refractivity contribution in [2.75, 3.05) is 6.54 Å². The lowest BCUT2D eigenvalue weighted by Crippen LogP contribution is -2.39. The summed E-state index contributed by atoms with van der Waals surface area (Å²) in [6.45, 7) is 4.52. The molecule has 4 rings (SSSR count). The van der Waals surface area contributed by atoms with Crippen LogP contribution in [0, 0.1) is 13.8 Å². The first-order chi connectivity index (χ1) is 12.1. The summed E-state index contributed by atoms with van der Waals surface area (Å²) in [5, 5.41) is 4.36. The quantitative estimate of drug-likeness (QED) is 0.719. The first-order valence-corrected chi connectivity index (χ1v) is 8.54. The Morgan fingerprint density at radius 2 is 2.04 bits per heavy atom. The fraction of sp³-hybridized carbons (Fsp3) is 0.389. The van der Waals surface area contributed by atoms with Gasteiger partial charge in [-0.1, -0.05) is 0 Å². The van der Waals surface area contributed by atoms with Crippen molar-refractivity contribution < 1.29 is 4.79 Å². The van der Waals surface area contributed by atoms with E-state index in [1.165, 1.54) is 0 Å². The van der Waals surface area contributed by atoms with E-state index in [1.807, 2.05) is 37.1 Å². The van der Waals surface area contributed by atoms with Gasteiger partial charge >= 0.3 is 0 Å². The summed E-state index contributed by atoms with van der Waals surface area (Å²) in [6, 6.07) is 3.87. The second-order valence-electron chi connectivity index (χ2n) is 6.49. The molecule has 0 saturated carbocycles. The maximum absolute atomic E-state index is 12.9. The summed E-state index contributed by atoms with van der Waals surface area (Å²) >= 11 is 0. The van der Waals surface area contributed by atoms with Crippen LogP contribution in [0.15, 0.2) is 30.7 Å². The van der Waals surface area contributed by atoms with Gasteiger partial charge < -0.3 is 4.90 Å². The van der Waals surface area contributed by atoms with Crippen LogP contribution in [0.2, 0.25) is 0 Å². The third-order valence-corrected chi connectivity index (χ3v) is 4.57. The predicted molar refractivity (Wildman–Crippen MR) is 92.1 cm³/mol. The molecule has 0 unspecified atom stereocenters. The zero-order valence-electron chi connectivity index (χ0n) is 14.4. The van der Waals surface area contributed by atoms with Crippen LogP contribution in [-0.4, -0.2) is 41.9 Å². The molecule has 1 atom stereocenters. The molecule has 0 aromatic carbocycles. The normalized spacial score (nSPS) is 17.8. The predicted octanol–water partition coefficient (Wildman–Crippen LogP) is 2.50. The molecule has 7 heteroatoms. The third-order valence-electron chi connectivity index (χ3n) is 4.57. The zero-order chi connectivity index (χ0) is 17.4. The summed E-state index contributed by atoms with van der Waals surface area (Å²) in [7, 11) is 0. The number of likely N-dealkylation sites (tertiary alicyclic amines) is 1. The zero-order valence-corrected chi connectivity index (χ0v) is 14.4. The molecule has 25 heavy (non-hydrogen) atoms. The van der Waals surface area contributed by atoms with Gasteiger partial charge in [0.05, 0.1) is 29.3 Å². The van der Waals surface area contributed by atoms with Crippen LogP contribution in [0.4, 0.5) is 0 Å². The van der Waals surface area contributed by atoms with E-state index in [4.69, 9.17) is 4.98 Å². The van der Waals surface area contributed by atoms with Crippen molar-refractivity contribution in [2.24, 2.45) is 0 Å². The van der Waals surface area contributed by atoms with Crippen molar-refractivity contribution in [3.05, 3.63) is 53.5 Å². The molecule has 0 N–H and O–H groups in total. The van der Waals surface area contributed by atoms with E-state index in [0.29, 0.717) is 12.2 Å². The standard InChI is InChI=1S/C18H20N6O/c1-12-9-17-21-14(6-8-24(17)22-12)16-5-3-4-7-23(16)18(25)15-11-19-13(2)10-20-15/h6,8-11,16H,3-5,7H2,1-2H3/t16-/m1/s1. The summed E-state index contributed by atoms with van der Waals surface area (Å²) in [6.07, 6.45) is 8.08. The van der Waals surface area contributed by atoms with E-state index in [2.05, 4.69) is 15.1 Å². The van der Waals surface area contributed by atoms with Crippen molar-refractivity contribution >= 4 is 11.6 Å². The molecule has 1 fully saturated rings. The molecule has 0 aliphatic carbocycles. The monoisotopic (exact) mass is 336 g/mol. The molecule has 3 aromatic rings. The molecule has 1 saturated heterocycles. The Bertz CT molecular complexity index is 917. The number of hydrogen-bond donors (Lipinski definition) is 0. The van der Waals surface area contributed by atoms with Crippen LogP contribution >= 0.6 is 0 Å². The number of amides is 1. The lowest BCUT2D eigenvalue weighted by atomic mass is 9.98. The lowest BCUT2D eigenvalue weighted by Gasteiger charge is -2.35. The van der Waals surface area contributed by atoms with Gasteiger partial charge in [0.1, 0.15) is 5.69 Å². The maximum atomic E-state index is 12.9. The first-order valence-electron chi connectivity index (χ1n) is 8.54. The van der Waals surface area contributed by atoms with Crippen molar-refractivity contribution in [1.29, 1.82) is 0 Å². The van der Waals surface area contributed by atoms with Crippen molar-refractivity contribution in [2.45, 2.75) is 39.2 Å². The number of carbonyl (C=O) groups excluding carboxylic acids is 1. The molecular formula is C18H20N6O. The minimum absolute atomic E-state index is 0.0374. The lowest BCUT2D eigenvalue weighted by molar-refractivity contribution is 0.0599. The molecule has 0 radical (unpaired) electrons. The number of hydrogen-bond acceptors (Lipinski definition) is 5. The number of piperidine rings is 1. The Kier molecular flexibility index (Phi) is 3.91. The van der Waals surface area contributed by atoms with Gasteiger partial charge in [-0.2, -0.15) is 5.10 Å². The van der Waals surface area contributed by atoms with Gasteiger partial charge in [0, 0.05) is 25.0 Å². The van der Waals surface area contributed by atoms with E-state index >= 15 is 0 Å². The average molecular weight is 336 g/mol. The minimum atomic E-state index is -0.0800. The number of carbonyl (C=O) groups is 1. The van der Waals surface area contributed by atoms with Crippen LogP contribution in [-0.2, 0) is 0 Å². The fourth-order valence-corrected chi connectivity index (χ4v) is 3.33. The Morgan fingerprint density at radius 3 is 2.84 bits per heavy atom. The maximum Gasteiger partial charge on any atom is 0.274 e. The topological polar surface area (TPSA) is 76.3 Å². The molecule has 4 heterocycles. The molecule has 0 bridgehead atoms. The van der Waals surface area contributed by atoms with Gasteiger partial charge in [0.15, 0.2) is 5.65 Å². The molecule has 1 amide bonds. The van der Waals surface area contributed by atoms with E-state index in [1.54, 1.807) is 16.9 Å². The summed E-state index contributed by atoms with van der Waals surface area (Å²) in [4.78, 5) is 28.0. The Morgan fingerprint density at radius 1 is 1.16 bits per heavy atom. The van der Waals surface area contributed by atoms with Crippen LogP contribution in [0.5, 0.6) is 0 Å². The van der Waals surface area contributed by atoms with Crippen LogP contribution in [0.3, 0.4) is 0 Å². The van der Waals surface area contributed by atoms with Crippen LogP contribution < -0.4 is 0 Å². The number of nitrogens with zero attached hydrogens (tertiary/aromatic N) is 6. The summed E-state index contributed by atoms with van der Waals surface area (Å²) in [5.74, 6) is -0.0800. The summed E-state index contributed by atoms with van der Waals surface area (Å²) < 4.78 is 1.76. The Balaban J connectivity index is 1.67. The van der Waals surface area contributed by atoms with E-state index < -0.39 is 0 Å². The van der Waals surface area contributed by atoms with E-state index in [0.717, 1.165) is 42.0 Å². The Labute approximate surface area is 145 Å². The van der Waals surface area contributed by atoms with Gasteiger partial charge in [-0.3, -0.25) is 9.78 Å². The second-order valence-corrected chi connectivity index (χ2v) is 6.49. The smallest absolute Gasteiger partial charge is 0.274 e. The van der Waals surface area contributed by atoms with Crippen LogP contribution in [0.25, 0.3) is 5.65 Å². The Hall–Kier alpha value is -2.83. The largest absolute Gasteiger partial charge is 0.329 e. The molecule has 128 valence electrons. The second kappa shape index (κ2) is 6.23. The summed E-state index contributed by atoms with van der Waals surface area (Å²) in [5.41, 5.74) is 3.83. The first kappa shape index (κ1) is 15.7. The van der Waals surface area contributed by atoms with Crippen molar-refractivity contribution in [3.63, 3.8) is 0 Å². The number of aromatic nitrogens is 5. The highest BCUT2D eigenvalue weighted by Gasteiger charge is 2.30. The number of fused-ring (bicyclic) bond motifs is 1. The molecule has 0 spiro atoms. The highest BCUT2D eigenvalue weighted by Crippen LogP contribution is 2.31. The fourth-order valence-electron chi connectivity index (χ4n) is 3.33. The average Bonchev–Trinajstić information content (AvgIpc) is 3.01. The van der Waals surface area contributed by atoms with Gasteiger partial charge in [0.25, 0.3) is 5.91 Å². The van der Waals surface area contributed by atoms with Gasteiger partial charge in [0.2, 0.25) is 0 Å². The molecule has 3 aromatic heterocycles. The molecule has 1 aliphatic rings. The van der Waals surface area contributed by atoms with Crippen molar-refractivity contribution in [1.82, 2.24) is 29.5 Å². The molecule has 7 nitrogen and oxygen atoms in total. The number of rotatable bonds is 2. The van der Waals surface area contributed by atoms with Gasteiger partial charge in [-0.05, 0) is 39.2 Å². The van der Waals surface area contributed by atoms with Gasteiger partial charge in [-0.25, -0.2) is 14.5 Å². The highest BCUT2D eigenvalue weighted by atomic mass is 16.2. The highest BCUT2D eigenvalue weighted by molar-refractivity contribution is 5.92. The van der Waals surface area contributed by atoms with Crippen molar-refractivity contribution in [3.8, 4) is 0 Å². The number of aryl methyl sites for hydroxylation is 2. The minimum Gasteiger partial charge on any atom is -0.329 e. The molecule has 1 aliphatic heterocycles. The molecular weight excluding hydrogens is 316 g/mol.